The molecule has 1 fully saturated rings. The van der Waals surface area contributed by atoms with E-state index >= 15 is 0 Å². The Hall–Kier alpha value is -3.33. The smallest absolute Gasteiger partial charge is 0.305 e. The number of nitrogens with zero attached hydrogens (tertiary/aromatic N) is 4. The predicted octanol–water partition coefficient (Wildman–Crippen LogP) is 2.78. The van der Waals surface area contributed by atoms with Crippen molar-refractivity contribution in [1.82, 2.24) is 24.8 Å². The van der Waals surface area contributed by atoms with Crippen LogP contribution >= 0.6 is 0 Å². The largest absolute Gasteiger partial charge is 0.326 e. The molecule has 3 heterocycles. The number of carbonyl (C=O) groups is 2. The van der Waals surface area contributed by atoms with E-state index < -0.39 is 23.8 Å². The molecule has 2 aromatic heterocycles. The van der Waals surface area contributed by atoms with Crippen LogP contribution in [0, 0.1) is 5.82 Å². The van der Waals surface area contributed by atoms with Gasteiger partial charge in [-0.15, -0.1) is 10.2 Å². The number of hydrogen-bond donors (Lipinski definition) is 2. The van der Waals surface area contributed by atoms with Crippen LogP contribution in [-0.4, -0.2) is 50.6 Å². The third-order valence-electron chi connectivity index (χ3n) is 5.52. The molecular formula is C21H23FN6O2. The molecule has 156 valence electrons. The topological polar surface area (TPSA) is 91.6 Å². The van der Waals surface area contributed by atoms with Crippen molar-refractivity contribution in [3.8, 4) is 0 Å². The molecule has 3 aromatic rings. The Kier molecular flexibility index (Phi) is 5.71. The van der Waals surface area contributed by atoms with E-state index in [-0.39, 0.29) is 11.6 Å². The maximum Gasteiger partial charge on any atom is 0.326 e. The van der Waals surface area contributed by atoms with Gasteiger partial charge in [-0.2, -0.15) is 0 Å². The summed E-state index contributed by atoms with van der Waals surface area (Å²) in [5.41, 5.74) is 0.848. The third kappa shape index (κ3) is 4.16. The Bertz CT molecular complexity index is 1060. The first kappa shape index (κ1) is 20.0. The van der Waals surface area contributed by atoms with Crippen LogP contribution in [0.2, 0.25) is 0 Å². The summed E-state index contributed by atoms with van der Waals surface area (Å²) in [5, 5.41) is 13.2. The number of likely N-dealkylation sites (tertiary alicyclic amines) is 1. The van der Waals surface area contributed by atoms with Crippen LogP contribution in [-0.2, 0) is 4.79 Å². The number of urea groups is 1. The van der Waals surface area contributed by atoms with Crippen LogP contribution in [0.3, 0.4) is 0 Å². The van der Waals surface area contributed by atoms with Gasteiger partial charge < -0.3 is 5.32 Å². The molecule has 0 radical (unpaired) electrons. The normalized spacial score (nSPS) is 16.3. The van der Waals surface area contributed by atoms with Gasteiger partial charge in [-0.05, 0) is 57.1 Å². The Morgan fingerprint density at radius 2 is 1.83 bits per heavy atom. The number of benzene rings is 1. The second-order valence-electron chi connectivity index (χ2n) is 7.40. The molecule has 1 aliphatic rings. The van der Waals surface area contributed by atoms with Gasteiger partial charge in [0.05, 0.1) is 11.7 Å². The average molecular weight is 410 g/mol. The summed E-state index contributed by atoms with van der Waals surface area (Å²) in [7, 11) is 0. The fourth-order valence-corrected chi connectivity index (χ4v) is 3.78. The van der Waals surface area contributed by atoms with Crippen molar-refractivity contribution in [2.45, 2.75) is 31.7 Å². The lowest BCUT2D eigenvalue weighted by Gasteiger charge is -2.34. The molecule has 1 aliphatic heterocycles. The number of fused-ring (bicyclic) bond motifs is 1. The summed E-state index contributed by atoms with van der Waals surface area (Å²) < 4.78 is 15.6. The molecule has 1 atom stereocenters. The summed E-state index contributed by atoms with van der Waals surface area (Å²) >= 11 is 0. The average Bonchev–Trinajstić information content (AvgIpc) is 3.19. The molecule has 4 rings (SSSR count). The minimum Gasteiger partial charge on any atom is -0.305 e. The number of amides is 3. The lowest BCUT2D eigenvalue weighted by atomic mass is 9.95. The number of piperidine rings is 1. The summed E-state index contributed by atoms with van der Waals surface area (Å²) in [6, 6.07) is 10.4. The van der Waals surface area contributed by atoms with Crippen LogP contribution in [0.25, 0.3) is 5.65 Å². The molecule has 1 unspecified atom stereocenters. The number of pyridine rings is 1. The Morgan fingerprint density at radius 1 is 1.10 bits per heavy atom. The highest BCUT2D eigenvalue weighted by molar-refractivity contribution is 6.02. The van der Waals surface area contributed by atoms with E-state index in [1.165, 1.54) is 18.2 Å². The van der Waals surface area contributed by atoms with Gasteiger partial charge in [0.25, 0.3) is 0 Å². The quantitative estimate of drug-likeness (QED) is 0.690. The summed E-state index contributed by atoms with van der Waals surface area (Å²) in [5.74, 6) is 0.219. The van der Waals surface area contributed by atoms with Crippen molar-refractivity contribution < 1.29 is 14.0 Å². The van der Waals surface area contributed by atoms with Crippen LogP contribution in [0.15, 0.2) is 48.7 Å². The number of hydrogen-bond acceptors (Lipinski definition) is 5. The lowest BCUT2D eigenvalue weighted by Crippen LogP contribution is -2.50. The molecule has 2 N–H and O–H groups in total. The van der Waals surface area contributed by atoms with Crippen LogP contribution in [0.5, 0.6) is 0 Å². The first-order valence-corrected chi connectivity index (χ1v) is 9.93. The molecule has 0 saturated carbocycles. The molecular weight excluding hydrogens is 387 g/mol. The fourth-order valence-electron chi connectivity index (χ4n) is 3.78. The molecule has 1 aromatic carbocycles. The second kappa shape index (κ2) is 8.58. The van der Waals surface area contributed by atoms with Crippen LogP contribution in [0.4, 0.5) is 14.9 Å². The van der Waals surface area contributed by atoms with E-state index in [2.05, 4.69) is 20.8 Å². The fraction of sp³-hybridized carbons (Fsp3) is 0.333. The number of halogens is 1. The van der Waals surface area contributed by atoms with Gasteiger partial charge >= 0.3 is 6.03 Å². The van der Waals surface area contributed by atoms with Gasteiger partial charge in [-0.25, -0.2) is 9.18 Å². The zero-order valence-electron chi connectivity index (χ0n) is 16.6. The summed E-state index contributed by atoms with van der Waals surface area (Å²) in [6.07, 6.45) is 3.64. The number of aromatic nitrogens is 3. The highest BCUT2D eigenvalue weighted by Gasteiger charge is 2.30. The van der Waals surface area contributed by atoms with Crippen molar-refractivity contribution >= 4 is 23.3 Å². The van der Waals surface area contributed by atoms with Gasteiger partial charge in [0, 0.05) is 12.1 Å². The summed E-state index contributed by atoms with van der Waals surface area (Å²) in [4.78, 5) is 26.6. The van der Waals surface area contributed by atoms with Crippen molar-refractivity contribution in [2.75, 3.05) is 18.4 Å². The first-order valence-electron chi connectivity index (χ1n) is 9.93. The van der Waals surface area contributed by atoms with Gasteiger partial charge in [-0.1, -0.05) is 18.2 Å². The number of anilines is 1. The highest BCUT2D eigenvalue weighted by Crippen LogP contribution is 2.28. The number of imide groups is 1. The molecule has 9 heteroatoms. The molecule has 0 aliphatic carbocycles. The van der Waals surface area contributed by atoms with Gasteiger partial charge in [0.1, 0.15) is 11.6 Å². The van der Waals surface area contributed by atoms with E-state index in [0.29, 0.717) is 13.1 Å². The molecule has 1 saturated heterocycles. The SMILES string of the molecule is CC(C(=O)NC(=O)Nc1ccccc1F)N1CCC(c2nnc3ccccn23)CC1. The van der Waals surface area contributed by atoms with Gasteiger partial charge in [-0.3, -0.25) is 19.4 Å². The van der Waals surface area contributed by atoms with Crippen molar-refractivity contribution in [2.24, 2.45) is 0 Å². The summed E-state index contributed by atoms with van der Waals surface area (Å²) in [6.45, 7) is 3.17. The zero-order valence-corrected chi connectivity index (χ0v) is 16.6. The van der Waals surface area contributed by atoms with Crippen molar-refractivity contribution in [3.63, 3.8) is 0 Å². The Morgan fingerprint density at radius 3 is 2.60 bits per heavy atom. The molecule has 3 amide bonds. The maximum absolute atomic E-state index is 13.6. The molecule has 8 nitrogen and oxygen atoms in total. The molecule has 30 heavy (non-hydrogen) atoms. The Labute approximate surface area is 173 Å². The lowest BCUT2D eigenvalue weighted by molar-refractivity contribution is -0.125. The number of carbonyl (C=O) groups excluding carboxylic acids is 2. The number of rotatable bonds is 4. The first-order chi connectivity index (χ1) is 14.5. The van der Waals surface area contributed by atoms with E-state index in [1.807, 2.05) is 33.7 Å². The number of nitrogens with one attached hydrogen (secondary N) is 2. The van der Waals surface area contributed by atoms with Crippen molar-refractivity contribution in [1.29, 1.82) is 0 Å². The van der Waals surface area contributed by atoms with E-state index in [4.69, 9.17) is 0 Å². The van der Waals surface area contributed by atoms with E-state index in [9.17, 15) is 14.0 Å². The van der Waals surface area contributed by atoms with Gasteiger partial charge in [0.2, 0.25) is 5.91 Å². The zero-order chi connectivity index (χ0) is 21.1. The number of para-hydroxylation sites is 1. The minimum atomic E-state index is -0.748. The van der Waals surface area contributed by atoms with E-state index in [0.717, 1.165) is 24.3 Å². The third-order valence-corrected chi connectivity index (χ3v) is 5.52. The minimum absolute atomic E-state index is 0.0248. The molecule has 0 spiro atoms. The second-order valence-corrected chi connectivity index (χ2v) is 7.40. The van der Waals surface area contributed by atoms with Crippen molar-refractivity contribution in [3.05, 3.63) is 60.3 Å². The predicted molar refractivity (Wildman–Crippen MR) is 110 cm³/mol. The maximum atomic E-state index is 13.6. The van der Waals surface area contributed by atoms with Crippen LogP contribution < -0.4 is 10.6 Å². The highest BCUT2D eigenvalue weighted by atomic mass is 19.1. The van der Waals surface area contributed by atoms with Gasteiger partial charge in [0.15, 0.2) is 5.65 Å². The Balaban J connectivity index is 1.31. The van der Waals surface area contributed by atoms with Crippen LogP contribution in [0.1, 0.15) is 31.5 Å². The standard InChI is InChI=1S/C21H23FN6O2/c1-14(20(29)24-21(30)23-17-7-3-2-6-16(17)22)27-12-9-15(10-13-27)19-26-25-18-8-4-5-11-28(18)19/h2-8,11,14-15H,9-10,12-13H2,1H3,(H2,23,24,29,30). The monoisotopic (exact) mass is 410 g/mol. The van der Waals surface area contributed by atoms with E-state index in [1.54, 1.807) is 13.0 Å². The molecule has 0 bridgehead atoms.